The number of benzene rings is 1. The van der Waals surface area contributed by atoms with Crippen molar-refractivity contribution in [2.45, 2.75) is 4.90 Å². The van der Waals surface area contributed by atoms with Crippen LogP contribution in [0.4, 0.5) is 0 Å². The van der Waals surface area contributed by atoms with Gasteiger partial charge in [0.05, 0.1) is 15.9 Å². The number of aromatic nitrogens is 2. The molecular weight excluding hydrogens is 297 g/mol. The number of halogens is 2. The van der Waals surface area contributed by atoms with Crippen LogP contribution >= 0.6 is 23.2 Å². The van der Waals surface area contributed by atoms with Gasteiger partial charge in [0.25, 0.3) is 0 Å². The summed E-state index contributed by atoms with van der Waals surface area (Å²) in [6.45, 7) is 0. The lowest BCUT2D eigenvalue weighted by Crippen LogP contribution is -2.22. The summed E-state index contributed by atoms with van der Waals surface area (Å²) in [5.41, 5.74) is 0.870. The Morgan fingerprint density at radius 3 is 2.17 bits per heavy atom. The lowest BCUT2D eigenvalue weighted by atomic mass is 10.3. The van der Waals surface area contributed by atoms with Crippen molar-refractivity contribution in [3.63, 3.8) is 0 Å². The number of hydrogen-bond acceptors (Lipinski definition) is 4. The van der Waals surface area contributed by atoms with Crippen LogP contribution in [0.2, 0.25) is 10.3 Å². The normalized spacial score (nSPS) is 12.3. The van der Waals surface area contributed by atoms with Gasteiger partial charge in [-0.1, -0.05) is 23.2 Å². The zero-order valence-corrected chi connectivity index (χ0v) is 11.9. The van der Waals surface area contributed by atoms with Crippen molar-refractivity contribution >= 4 is 44.3 Å². The molecule has 0 aliphatic heterocycles. The fourth-order valence-corrected chi connectivity index (χ4v) is 2.55. The Bertz CT molecular complexity index is 716. The van der Waals surface area contributed by atoms with Gasteiger partial charge in [-0.25, -0.2) is 22.7 Å². The van der Waals surface area contributed by atoms with Crippen LogP contribution in [0, 0.1) is 0 Å². The summed E-state index contributed by atoms with van der Waals surface area (Å²) in [7, 11) is -0.585. The van der Waals surface area contributed by atoms with Crippen LogP contribution in [0.25, 0.3) is 11.0 Å². The van der Waals surface area contributed by atoms with Crippen LogP contribution in [0.1, 0.15) is 0 Å². The van der Waals surface area contributed by atoms with Gasteiger partial charge >= 0.3 is 0 Å². The minimum atomic E-state index is -3.50. The summed E-state index contributed by atoms with van der Waals surface area (Å²) in [5.74, 6) is 0. The topological polar surface area (TPSA) is 63.2 Å². The zero-order chi connectivity index (χ0) is 13.5. The Hall–Kier alpha value is -0.950. The van der Waals surface area contributed by atoms with Crippen molar-refractivity contribution in [2.75, 3.05) is 14.1 Å². The largest absolute Gasteiger partial charge is 0.242 e. The first-order valence-corrected chi connectivity index (χ1v) is 7.07. The fraction of sp³-hybridized carbons (Fsp3) is 0.200. The molecule has 0 amide bonds. The summed E-state index contributed by atoms with van der Waals surface area (Å²) in [6.07, 6.45) is 0. The minimum Gasteiger partial charge on any atom is -0.231 e. The second-order valence-electron chi connectivity index (χ2n) is 3.74. The van der Waals surface area contributed by atoms with Gasteiger partial charge in [0.1, 0.15) is 0 Å². The molecule has 0 aliphatic carbocycles. The summed E-state index contributed by atoms with van der Waals surface area (Å²) in [5, 5.41) is 0.135. The molecule has 8 heteroatoms. The zero-order valence-electron chi connectivity index (χ0n) is 9.55. The van der Waals surface area contributed by atoms with Gasteiger partial charge < -0.3 is 0 Å². The van der Waals surface area contributed by atoms with E-state index >= 15 is 0 Å². The van der Waals surface area contributed by atoms with Crippen LogP contribution in [-0.2, 0) is 10.0 Å². The molecule has 0 aliphatic rings. The highest BCUT2D eigenvalue weighted by molar-refractivity contribution is 7.89. The Labute approximate surface area is 114 Å². The van der Waals surface area contributed by atoms with E-state index < -0.39 is 10.0 Å². The molecule has 18 heavy (non-hydrogen) atoms. The molecule has 1 heterocycles. The number of rotatable bonds is 2. The van der Waals surface area contributed by atoms with Crippen LogP contribution in [0.5, 0.6) is 0 Å². The first-order valence-electron chi connectivity index (χ1n) is 4.87. The van der Waals surface area contributed by atoms with Gasteiger partial charge in [0, 0.05) is 14.1 Å². The molecule has 0 saturated heterocycles. The van der Waals surface area contributed by atoms with E-state index in [1.165, 1.54) is 26.2 Å². The monoisotopic (exact) mass is 305 g/mol. The van der Waals surface area contributed by atoms with E-state index in [2.05, 4.69) is 9.97 Å². The standard InChI is InChI=1S/C10H9Cl2N3O2S/c1-15(2)18(16,17)6-3-4-7-8(5-6)14-10(12)9(11)13-7/h3-5H,1-2H3. The van der Waals surface area contributed by atoms with Crippen molar-refractivity contribution in [1.29, 1.82) is 0 Å². The van der Waals surface area contributed by atoms with Crippen molar-refractivity contribution in [1.82, 2.24) is 14.3 Å². The van der Waals surface area contributed by atoms with E-state index in [0.717, 1.165) is 4.31 Å². The molecule has 0 radical (unpaired) electrons. The molecule has 0 bridgehead atoms. The highest BCUT2D eigenvalue weighted by Gasteiger charge is 2.18. The quantitative estimate of drug-likeness (QED) is 0.853. The second-order valence-corrected chi connectivity index (χ2v) is 6.61. The molecule has 0 atom stereocenters. The number of nitrogens with zero attached hydrogens (tertiary/aromatic N) is 3. The van der Waals surface area contributed by atoms with Gasteiger partial charge in [0.2, 0.25) is 10.0 Å². The summed E-state index contributed by atoms with van der Waals surface area (Å²) in [6, 6.07) is 4.41. The van der Waals surface area contributed by atoms with Crippen LogP contribution < -0.4 is 0 Å². The SMILES string of the molecule is CN(C)S(=O)(=O)c1ccc2nc(Cl)c(Cl)nc2c1. The summed E-state index contributed by atoms with van der Waals surface area (Å²) in [4.78, 5) is 8.13. The average Bonchev–Trinajstić information content (AvgIpc) is 2.29. The third-order valence-electron chi connectivity index (χ3n) is 2.33. The molecule has 0 saturated carbocycles. The molecule has 0 fully saturated rings. The molecule has 0 spiro atoms. The van der Waals surface area contributed by atoms with Gasteiger partial charge in [0.15, 0.2) is 10.3 Å². The van der Waals surface area contributed by atoms with E-state index in [4.69, 9.17) is 23.2 Å². The molecule has 5 nitrogen and oxygen atoms in total. The predicted octanol–water partition coefficient (Wildman–Crippen LogP) is 2.19. The van der Waals surface area contributed by atoms with Gasteiger partial charge in [-0.2, -0.15) is 0 Å². The molecule has 0 N–H and O–H groups in total. The van der Waals surface area contributed by atoms with E-state index in [1.807, 2.05) is 0 Å². The van der Waals surface area contributed by atoms with Crippen molar-refractivity contribution in [3.8, 4) is 0 Å². The maximum absolute atomic E-state index is 11.9. The van der Waals surface area contributed by atoms with Crippen LogP contribution in [0.15, 0.2) is 23.1 Å². The van der Waals surface area contributed by atoms with E-state index in [0.29, 0.717) is 11.0 Å². The van der Waals surface area contributed by atoms with Crippen molar-refractivity contribution in [3.05, 3.63) is 28.5 Å². The molecule has 1 aromatic heterocycles. The molecule has 0 unspecified atom stereocenters. The summed E-state index contributed by atoms with van der Waals surface area (Å²) >= 11 is 11.5. The van der Waals surface area contributed by atoms with Crippen molar-refractivity contribution < 1.29 is 8.42 Å². The van der Waals surface area contributed by atoms with E-state index in [9.17, 15) is 8.42 Å². The first kappa shape index (κ1) is 13.5. The third kappa shape index (κ3) is 2.29. The number of hydrogen-bond donors (Lipinski definition) is 0. The maximum atomic E-state index is 11.9. The second kappa shape index (κ2) is 4.62. The van der Waals surface area contributed by atoms with Gasteiger partial charge in [-0.15, -0.1) is 0 Å². The number of sulfonamides is 1. The van der Waals surface area contributed by atoms with Crippen molar-refractivity contribution in [2.24, 2.45) is 0 Å². The minimum absolute atomic E-state index is 0.0450. The third-order valence-corrected chi connectivity index (χ3v) is 4.77. The Kier molecular flexibility index (Phi) is 3.46. The maximum Gasteiger partial charge on any atom is 0.242 e. The van der Waals surface area contributed by atoms with Crippen LogP contribution in [-0.4, -0.2) is 36.8 Å². The molecule has 96 valence electrons. The predicted molar refractivity (Wildman–Crippen MR) is 70.4 cm³/mol. The smallest absolute Gasteiger partial charge is 0.231 e. The highest BCUT2D eigenvalue weighted by atomic mass is 35.5. The lowest BCUT2D eigenvalue weighted by Gasteiger charge is -2.11. The first-order chi connectivity index (χ1) is 8.32. The molecule has 2 rings (SSSR count). The van der Waals surface area contributed by atoms with Gasteiger partial charge in [-0.3, -0.25) is 0 Å². The Morgan fingerprint density at radius 2 is 1.61 bits per heavy atom. The van der Waals surface area contributed by atoms with Gasteiger partial charge in [-0.05, 0) is 18.2 Å². The number of fused-ring (bicyclic) bond motifs is 1. The molecular formula is C10H9Cl2N3O2S. The van der Waals surface area contributed by atoms with E-state index in [-0.39, 0.29) is 15.2 Å². The van der Waals surface area contributed by atoms with E-state index in [1.54, 1.807) is 6.07 Å². The molecule has 1 aromatic carbocycles. The van der Waals surface area contributed by atoms with Crippen LogP contribution in [0.3, 0.4) is 0 Å². The summed E-state index contributed by atoms with van der Waals surface area (Å²) < 4.78 is 25.0. The fourth-order valence-electron chi connectivity index (χ4n) is 1.36. The average molecular weight is 306 g/mol. The lowest BCUT2D eigenvalue weighted by molar-refractivity contribution is 0.521. The molecule has 2 aromatic rings. The Morgan fingerprint density at radius 1 is 1.06 bits per heavy atom. The Balaban J connectivity index is 2.68. The highest BCUT2D eigenvalue weighted by Crippen LogP contribution is 2.23.